The van der Waals surface area contributed by atoms with Gasteiger partial charge in [-0.15, -0.1) is 11.3 Å². The summed E-state index contributed by atoms with van der Waals surface area (Å²) in [4.78, 5) is 14.4. The number of amides is 1. The largest absolute Gasteiger partial charge is 0.339 e. The number of nitrogens with zero attached hydrogens (tertiary/aromatic N) is 2. The highest BCUT2D eigenvalue weighted by Gasteiger charge is 2.29. The summed E-state index contributed by atoms with van der Waals surface area (Å²) in [5, 5.41) is 4.94. The molecule has 8 heteroatoms. The van der Waals surface area contributed by atoms with E-state index in [4.69, 9.17) is 0 Å². The molecule has 3 rings (SSSR count). The number of hydrogen-bond donors (Lipinski definition) is 1. The molecule has 1 aromatic carbocycles. The number of carbonyl (C=O) groups is 1. The minimum atomic E-state index is -3.72. The van der Waals surface area contributed by atoms with Crippen molar-refractivity contribution < 1.29 is 13.2 Å². The van der Waals surface area contributed by atoms with Crippen LogP contribution in [0.5, 0.6) is 0 Å². The van der Waals surface area contributed by atoms with Crippen LogP contribution in [0.4, 0.5) is 0 Å². The lowest BCUT2D eigenvalue weighted by Crippen LogP contribution is -2.50. The molecule has 27 heavy (non-hydrogen) atoms. The first-order chi connectivity index (χ1) is 13.0. The second-order valence-corrected chi connectivity index (χ2v) is 9.62. The SMILES string of the molecule is CCc1ccc(CN(CC(=O)N2CCNCC2)S(=O)(=O)c2cccs2)cc1. The lowest BCUT2D eigenvalue weighted by atomic mass is 10.1. The molecule has 0 saturated carbocycles. The van der Waals surface area contributed by atoms with E-state index in [2.05, 4.69) is 12.2 Å². The van der Waals surface area contributed by atoms with E-state index in [9.17, 15) is 13.2 Å². The first-order valence-electron chi connectivity index (χ1n) is 9.10. The van der Waals surface area contributed by atoms with Crippen molar-refractivity contribution in [1.82, 2.24) is 14.5 Å². The molecule has 1 fully saturated rings. The molecule has 1 amide bonds. The second kappa shape index (κ2) is 8.97. The van der Waals surface area contributed by atoms with Gasteiger partial charge in [0, 0.05) is 32.7 Å². The number of benzene rings is 1. The van der Waals surface area contributed by atoms with Crippen LogP contribution >= 0.6 is 11.3 Å². The van der Waals surface area contributed by atoms with Gasteiger partial charge in [0.1, 0.15) is 4.21 Å². The zero-order valence-electron chi connectivity index (χ0n) is 15.4. The summed E-state index contributed by atoms with van der Waals surface area (Å²) in [7, 11) is -3.72. The number of rotatable bonds is 7. The van der Waals surface area contributed by atoms with Crippen molar-refractivity contribution in [2.24, 2.45) is 0 Å². The quantitative estimate of drug-likeness (QED) is 0.762. The average Bonchev–Trinajstić information content (AvgIpc) is 3.24. The Morgan fingerprint density at radius 2 is 1.81 bits per heavy atom. The Balaban J connectivity index is 1.82. The Morgan fingerprint density at radius 1 is 1.15 bits per heavy atom. The van der Waals surface area contributed by atoms with Crippen LogP contribution in [0, 0.1) is 0 Å². The summed E-state index contributed by atoms with van der Waals surface area (Å²) in [6, 6.07) is 11.2. The van der Waals surface area contributed by atoms with E-state index in [0.29, 0.717) is 13.1 Å². The molecule has 0 atom stereocenters. The van der Waals surface area contributed by atoms with Crippen molar-refractivity contribution in [2.75, 3.05) is 32.7 Å². The van der Waals surface area contributed by atoms with Gasteiger partial charge in [0.15, 0.2) is 0 Å². The van der Waals surface area contributed by atoms with Crippen LogP contribution < -0.4 is 5.32 Å². The van der Waals surface area contributed by atoms with Crippen LogP contribution in [-0.4, -0.2) is 56.3 Å². The van der Waals surface area contributed by atoms with E-state index in [1.807, 2.05) is 24.3 Å². The molecule has 0 spiro atoms. The van der Waals surface area contributed by atoms with Crippen molar-refractivity contribution in [3.63, 3.8) is 0 Å². The van der Waals surface area contributed by atoms with E-state index in [0.717, 1.165) is 25.1 Å². The van der Waals surface area contributed by atoms with Crippen LogP contribution in [0.3, 0.4) is 0 Å². The molecule has 1 aliphatic heterocycles. The zero-order valence-corrected chi connectivity index (χ0v) is 17.1. The van der Waals surface area contributed by atoms with Crippen LogP contribution in [0.25, 0.3) is 0 Å². The third kappa shape index (κ3) is 4.95. The Labute approximate surface area is 164 Å². The molecule has 0 radical (unpaired) electrons. The fourth-order valence-electron chi connectivity index (χ4n) is 3.01. The number of sulfonamides is 1. The number of carbonyl (C=O) groups excluding carboxylic acids is 1. The molecule has 2 aromatic rings. The third-order valence-electron chi connectivity index (χ3n) is 4.66. The first-order valence-corrected chi connectivity index (χ1v) is 11.4. The summed E-state index contributed by atoms with van der Waals surface area (Å²) in [5.41, 5.74) is 2.07. The molecular weight excluding hydrogens is 382 g/mol. The van der Waals surface area contributed by atoms with Gasteiger partial charge in [0.2, 0.25) is 5.91 Å². The Kier molecular flexibility index (Phi) is 6.64. The van der Waals surface area contributed by atoms with Crippen LogP contribution in [-0.2, 0) is 27.8 Å². The van der Waals surface area contributed by atoms with Crippen LogP contribution in [0.15, 0.2) is 46.0 Å². The number of hydrogen-bond acceptors (Lipinski definition) is 5. The van der Waals surface area contributed by atoms with E-state index < -0.39 is 10.0 Å². The molecular formula is C19H25N3O3S2. The standard InChI is InChI=1S/C19H25N3O3S2/c1-2-16-5-7-17(8-6-16)14-22(27(24,25)19-4-3-13-26-19)15-18(23)21-11-9-20-10-12-21/h3-8,13,20H,2,9-12,14-15H2,1H3. The molecule has 2 heterocycles. The number of thiophene rings is 1. The Bertz CT molecular complexity index is 843. The highest BCUT2D eigenvalue weighted by Crippen LogP contribution is 2.23. The third-order valence-corrected chi connectivity index (χ3v) is 7.83. The summed E-state index contributed by atoms with van der Waals surface area (Å²) < 4.78 is 27.7. The normalized spacial score (nSPS) is 15.3. The predicted molar refractivity (Wildman–Crippen MR) is 107 cm³/mol. The molecule has 1 aromatic heterocycles. The molecule has 0 aliphatic carbocycles. The van der Waals surface area contributed by atoms with E-state index in [-0.39, 0.29) is 23.2 Å². The summed E-state index contributed by atoms with van der Waals surface area (Å²) in [6.07, 6.45) is 0.930. The van der Waals surface area contributed by atoms with Crippen LogP contribution in [0.2, 0.25) is 0 Å². The lowest BCUT2D eigenvalue weighted by Gasteiger charge is -2.30. The zero-order chi connectivity index (χ0) is 19.3. The van der Waals surface area contributed by atoms with Gasteiger partial charge in [-0.05, 0) is 29.0 Å². The Hall–Kier alpha value is -1.74. The predicted octanol–water partition coefficient (Wildman–Crippen LogP) is 1.93. The van der Waals surface area contributed by atoms with Gasteiger partial charge in [-0.3, -0.25) is 4.79 Å². The number of nitrogens with one attached hydrogen (secondary N) is 1. The smallest absolute Gasteiger partial charge is 0.253 e. The number of aryl methyl sites for hydroxylation is 1. The summed E-state index contributed by atoms with van der Waals surface area (Å²) in [6.45, 7) is 4.81. The van der Waals surface area contributed by atoms with Gasteiger partial charge in [0.25, 0.3) is 10.0 Å². The fourth-order valence-corrected chi connectivity index (χ4v) is 5.53. The maximum Gasteiger partial charge on any atom is 0.253 e. The Morgan fingerprint density at radius 3 is 2.41 bits per heavy atom. The maximum absolute atomic E-state index is 13.1. The van der Waals surface area contributed by atoms with Crippen molar-refractivity contribution in [2.45, 2.75) is 24.1 Å². The molecule has 1 aliphatic rings. The van der Waals surface area contributed by atoms with E-state index in [1.165, 1.54) is 21.2 Å². The molecule has 1 N–H and O–H groups in total. The van der Waals surface area contributed by atoms with Gasteiger partial charge < -0.3 is 10.2 Å². The number of piperazine rings is 1. The lowest BCUT2D eigenvalue weighted by molar-refractivity contribution is -0.132. The van der Waals surface area contributed by atoms with Crippen molar-refractivity contribution >= 4 is 27.3 Å². The van der Waals surface area contributed by atoms with Gasteiger partial charge in [0.05, 0.1) is 6.54 Å². The fraction of sp³-hybridized carbons (Fsp3) is 0.421. The van der Waals surface area contributed by atoms with Gasteiger partial charge >= 0.3 is 0 Å². The minimum absolute atomic E-state index is 0.143. The highest BCUT2D eigenvalue weighted by atomic mass is 32.2. The van der Waals surface area contributed by atoms with Crippen molar-refractivity contribution in [3.8, 4) is 0 Å². The summed E-state index contributed by atoms with van der Waals surface area (Å²) >= 11 is 1.17. The monoisotopic (exact) mass is 407 g/mol. The van der Waals surface area contributed by atoms with Gasteiger partial charge in [-0.25, -0.2) is 8.42 Å². The average molecular weight is 408 g/mol. The topological polar surface area (TPSA) is 69.7 Å². The van der Waals surface area contributed by atoms with Gasteiger partial charge in [-0.2, -0.15) is 4.31 Å². The maximum atomic E-state index is 13.1. The molecule has 146 valence electrons. The van der Waals surface area contributed by atoms with Crippen molar-refractivity contribution in [3.05, 3.63) is 52.9 Å². The van der Waals surface area contributed by atoms with E-state index >= 15 is 0 Å². The first kappa shape index (κ1) is 20.0. The highest BCUT2D eigenvalue weighted by molar-refractivity contribution is 7.91. The van der Waals surface area contributed by atoms with E-state index in [1.54, 1.807) is 22.4 Å². The van der Waals surface area contributed by atoms with Gasteiger partial charge in [-0.1, -0.05) is 37.3 Å². The molecule has 0 unspecified atom stereocenters. The minimum Gasteiger partial charge on any atom is -0.339 e. The second-order valence-electron chi connectivity index (χ2n) is 6.51. The molecule has 6 nitrogen and oxygen atoms in total. The summed E-state index contributed by atoms with van der Waals surface area (Å²) in [5.74, 6) is -0.151. The van der Waals surface area contributed by atoms with Crippen molar-refractivity contribution in [1.29, 1.82) is 0 Å². The molecule has 1 saturated heterocycles. The molecule has 0 bridgehead atoms. The van der Waals surface area contributed by atoms with Crippen LogP contribution in [0.1, 0.15) is 18.1 Å².